The number of halogens is 5. The van der Waals surface area contributed by atoms with Crippen molar-refractivity contribution < 1.29 is 18.7 Å². The minimum atomic E-state index is -0.760. The van der Waals surface area contributed by atoms with Crippen molar-refractivity contribution in [1.82, 2.24) is 0 Å². The zero-order chi connectivity index (χ0) is 20.6. The third-order valence-corrected chi connectivity index (χ3v) is 5.90. The smallest absolute Gasteiger partial charge is 0.349 e. The highest BCUT2D eigenvalue weighted by atomic mass is 35.5. The Hall–Kier alpha value is -1.63. The van der Waals surface area contributed by atoms with Crippen LogP contribution in [0.1, 0.15) is 5.56 Å². The second-order valence-corrected chi connectivity index (χ2v) is 7.46. The van der Waals surface area contributed by atoms with Gasteiger partial charge in [-0.2, -0.15) is 0 Å². The van der Waals surface area contributed by atoms with Crippen molar-refractivity contribution >= 4 is 74.9 Å². The van der Waals surface area contributed by atoms with Gasteiger partial charge in [-0.25, -0.2) is 9.59 Å². The van der Waals surface area contributed by atoms with E-state index in [4.69, 9.17) is 71.9 Å². The average molecular weight is 483 g/mol. The molecule has 0 atom stereocenters. The summed E-state index contributed by atoms with van der Waals surface area (Å²) in [5, 5.41) is 0.413. The summed E-state index contributed by atoms with van der Waals surface area (Å²) in [7, 11) is 0. The number of rotatable bonds is 4. The predicted molar refractivity (Wildman–Crippen MR) is 110 cm³/mol. The quantitative estimate of drug-likeness (QED) is 0.142. The van der Waals surface area contributed by atoms with Crippen molar-refractivity contribution in [3.8, 4) is 11.5 Å². The second kappa shape index (κ2) is 8.39. The first-order valence-corrected chi connectivity index (χ1v) is 9.47. The summed E-state index contributed by atoms with van der Waals surface area (Å²) < 4.78 is 15.6. The number of hydrogen-bond acceptors (Lipinski definition) is 5. The Morgan fingerprint density at radius 3 is 2.21 bits per heavy atom. The molecule has 0 fully saturated rings. The third-order valence-electron chi connectivity index (χ3n) is 3.66. The van der Waals surface area contributed by atoms with E-state index in [9.17, 15) is 9.59 Å². The van der Waals surface area contributed by atoms with Gasteiger partial charge in [-0.3, -0.25) is 0 Å². The first-order valence-electron chi connectivity index (χ1n) is 7.58. The van der Waals surface area contributed by atoms with E-state index in [1.165, 1.54) is 12.1 Å². The molecule has 3 rings (SSSR count). The Morgan fingerprint density at radius 2 is 1.57 bits per heavy atom. The van der Waals surface area contributed by atoms with Crippen molar-refractivity contribution in [1.29, 1.82) is 0 Å². The normalized spacial score (nSPS) is 10.9. The lowest BCUT2D eigenvalue weighted by molar-refractivity contribution is -0.136. The molecule has 0 aliphatic rings. The van der Waals surface area contributed by atoms with Crippen molar-refractivity contribution in [3.63, 3.8) is 0 Å². The summed E-state index contributed by atoms with van der Waals surface area (Å²) in [4.78, 5) is 23.6. The van der Waals surface area contributed by atoms with Crippen LogP contribution in [0.5, 0.6) is 11.5 Å². The van der Waals surface area contributed by atoms with Crippen LogP contribution in [-0.4, -0.2) is 12.6 Å². The molecule has 1 heterocycles. The van der Waals surface area contributed by atoms with Crippen LogP contribution in [0.25, 0.3) is 11.0 Å². The molecule has 146 valence electrons. The molecule has 0 radical (unpaired) electrons. The molecule has 0 unspecified atom stereocenters. The molecule has 0 saturated heterocycles. The molecule has 0 amide bonds. The highest BCUT2D eigenvalue weighted by Gasteiger charge is 2.21. The Morgan fingerprint density at radius 1 is 0.964 bits per heavy atom. The zero-order valence-electron chi connectivity index (χ0n) is 13.9. The maximum atomic E-state index is 12.1. The fraction of sp³-hybridized carbons (Fsp3) is 0.111. The minimum absolute atomic E-state index is 0.0267. The fourth-order valence-corrected chi connectivity index (χ4v) is 3.60. The van der Waals surface area contributed by atoms with Crippen LogP contribution in [-0.2, 0) is 4.79 Å². The Labute approximate surface area is 183 Å². The fourth-order valence-electron chi connectivity index (χ4n) is 2.37. The molecule has 0 saturated carbocycles. The van der Waals surface area contributed by atoms with Crippen molar-refractivity contribution in [2.45, 2.75) is 6.92 Å². The van der Waals surface area contributed by atoms with Gasteiger partial charge in [0.2, 0.25) is 0 Å². The van der Waals surface area contributed by atoms with Gasteiger partial charge in [-0.05, 0) is 24.6 Å². The van der Waals surface area contributed by atoms with Crippen LogP contribution in [0.4, 0.5) is 0 Å². The molecule has 2 aromatic carbocycles. The van der Waals surface area contributed by atoms with Gasteiger partial charge in [0.25, 0.3) is 0 Å². The van der Waals surface area contributed by atoms with Crippen LogP contribution in [0, 0.1) is 6.92 Å². The molecular weight excluding hydrogens is 473 g/mol. The number of ether oxygens (including phenoxy) is 2. The van der Waals surface area contributed by atoms with Crippen LogP contribution < -0.4 is 15.1 Å². The molecule has 0 bridgehead atoms. The van der Waals surface area contributed by atoms with Crippen LogP contribution >= 0.6 is 58.0 Å². The monoisotopic (exact) mass is 480 g/mol. The lowest BCUT2D eigenvalue weighted by Crippen LogP contribution is -2.18. The van der Waals surface area contributed by atoms with Crippen molar-refractivity contribution in [2.24, 2.45) is 0 Å². The van der Waals surface area contributed by atoms with E-state index in [0.717, 1.165) is 10.9 Å². The van der Waals surface area contributed by atoms with Gasteiger partial charge < -0.3 is 13.9 Å². The number of benzene rings is 2. The van der Waals surface area contributed by atoms with Crippen LogP contribution in [0.3, 0.4) is 0 Å². The molecular formula is C18H9Cl5O5. The first kappa shape index (κ1) is 21.1. The Balaban J connectivity index is 1.77. The van der Waals surface area contributed by atoms with E-state index < -0.39 is 18.2 Å². The Bertz CT molecular complexity index is 1130. The van der Waals surface area contributed by atoms with Crippen LogP contribution in [0.2, 0.25) is 25.1 Å². The summed E-state index contributed by atoms with van der Waals surface area (Å²) in [6.45, 7) is 1.23. The topological polar surface area (TPSA) is 65.7 Å². The summed E-state index contributed by atoms with van der Waals surface area (Å²) in [6.07, 6.45) is 0. The van der Waals surface area contributed by atoms with E-state index in [-0.39, 0.29) is 36.6 Å². The summed E-state index contributed by atoms with van der Waals surface area (Å²) in [5.41, 5.74) is 0.532. The molecule has 5 nitrogen and oxygen atoms in total. The van der Waals surface area contributed by atoms with Gasteiger partial charge in [0.1, 0.15) is 21.4 Å². The maximum absolute atomic E-state index is 12.1. The predicted octanol–water partition coefficient (Wildman–Crippen LogP) is 6.35. The highest BCUT2D eigenvalue weighted by Crippen LogP contribution is 2.48. The minimum Gasteiger partial charge on any atom is -0.479 e. The van der Waals surface area contributed by atoms with Gasteiger partial charge in [-0.15, -0.1) is 0 Å². The average Bonchev–Trinajstić information content (AvgIpc) is 2.64. The molecule has 28 heavy (non-hydrogen) atoms. The van der Waals surface area contributed by atoms with Crippen molar-refractivity contribution in [2.75, 3.05) is 6.61 Å². The van der Waals surface area contributed by atoms with E-state index in [2.05, 4.69) is 0 Å². The molecule has 10 heteroatoms. The van der Waals surface area contributed by atoms with Crippen LogP contribution in [0.15, 0.2) is 33.5 Å². The second-order valence-electron chi connectivity index (χ2n) is 5.57. The summed E-state index contributed by atoms with van der Waals surface area (Å²) in [5.74, 6) is -0.692. The van der Waals surface area contributed by atoms with E-state index in [0.29, 0.717) is 5.58 Å². The summed E-state index contributed by atoms with van der Waals surface area (Å²) in [6, 6.07) is 6.03. The first-order chi connectivity index (χ1) is 13.2. The molecule has 3 aromatic rings. The molecule has 0 N–H and O–H groups in total. The Kier molecular flexibility index (Phi) is 6.32. The number of carbonyl (C=O) groups is 1. The lowest BCUT2D eigenvalue weighted by atomic mass is 10.1. The number of carbonyl (C=O) groups excluding carboxylic acids is 1. The third kappa shape index (κ3) is 4.19. The van der Waals surface area contributed by atoms with E-state index in [1.54, 1.807) is 19.1 Å². The molecule has 0 aliphatic heterocycles. The number of esters is 1. The largest absolute Gasteiger partial charge is 0.479 e. The van der Waals surface area contributed by atoms with Gasteiger partial charge in [0.15, 0.2) is 12.4 Å². The highest BCUT2D eigenvalue weighted by molar-refractivity contribution is 6.55. The van der Waals surface area contributed by atoms with E-state index >= 15 is 0 Å². The number of hydrogen-bond donors (Lipinski definition) is 0. The maximum Gasteiger partial charge on any atom is 0.349 e. The van der Waals surface area contributed by atoms with Crippen molar-refractivity contribution in [3.05, 3.63) is 65.4 Å². The summed E-state index contributed by atoms with van der Waals surface area (Å²) >= 11 is 29.9. The van der Waals surface area contributed by atoms with Gasteiger partial charge in [0.05, 0.1) is 15.1 Å². The standard InChI is InChI=1S/C18H9Cl5O5/c1-7-4-11(24)28-10-5-8(2-3-9(7)10)27-12(25)6-26-18-16(22)14(20)13(19)15(21)17(18)23/h2-5H,6H2,1H3. The van der Waals surface area contributed by atoms with Gasteiger partial charge in [0, 0.05) is 17.5 Å². The number of aryl methyl sites for hydroxylation is 1. The molecule has 0 spiro atoms. The SMILES string of the molecule is Cc1cc(=O)oc2cc(OC(=O)COc3c(Cl)c(Cl)c(Cl)c(Cl)c3Cl)ccc12. The number of fused-ring (bicyclic) bond motifs is 1. The van der Waals surface area contributed by atoms with Gasteiger partial charge >= 0.3 is 11.6 Å². The molecule has 1 aromatic heterocycles. The van der Waals surface area contributed by atoms with E-state index in [1.807, 2.05) is 0 Å². The van der Waals surface area contributed by atoms with Gasteiger partial charge in [-0.1, -0.05) is 58.0 Å². The lowest BCUT2D eigenvalue weighted by Gasteiger charge is -2.13. The molecule has 0 aliphatic carbocycles. The zero-order valence-corrected chi connectivity index (χ0v) is 17.7.